The molecule has 25 heavy (non-hydrogen) atoms. The van der Waals surface area contributed by atoms with Gasteiger partial charge < -0.3 is 15.4 Å². The first-order valence-corrected chi connectivity index (χ1v) is 11.6. The zero-order valence-electron chi connectivity index (χ0n) is 16.1. The summed E-state index contributed by atoms with van der Waals surface area (Å²) in [7, 11) is -1.19. The Morgan fingerprint density at radius 2 is 1.80 bits per heavy atom. The predicted molar refractivity (Wildman–Crippen MR) is 103 cm³/mol. The van der Waals surface area contributed by atoms with Crippen molar-refractivity contribution in [2.45, 2.75) is 51.9 Å². The second-order valence-electron chi connectivity index (χ2n) is 8.07. The molecule has 0 aliphatic heterocycles. The summed E-state index contributed by atoms with van der Waals surface area (Å²) in [4.78, 5) is 4.70. The van der Waals surface area contributed by atoms with Crippen molar-refractivity contribution in [2.75, 3.05) is 45.4 Å². The third-order valence-electron chi connectivity index (χ3n) is 5.57. The number of nitrogens with one attached hydrogen (secondary N) is 2. The lowest BCUT2D eigenvalue weighted by Gasteiger charge is -2.30. The van der Waals surface area contributed by atoms with Crippen molar-refractivity contribution < 1.29 is 13.2 Å². The highest BCUT2D eigenvalue weighted by Gasteiger charge is 2.45. The van der Waals surface area contributed by atoms with Crippen LogP contribution in [0.2, 0.25) is 0 Å². The van der Waals surface area contributed by atoms with E-state index in [1.165, 1.54) is 31.9 Å². The highest BCUT2D eigenvalue weighted by atomic mass is 32.2. The molecule has 2 saturated carbocycles. The van der Waals surface area contributed by atoms with Gasteiger partial charge in [0, 0.05) is 45.0 Å². The lowest BCUT2D eigenvalue weighted by Crippen LogP contribution is -2.43. The van der Waals surface area contributed by atoms with E-state index in [1.807, 2.05) is 0 Å². The normalized spacial score (nSPS) is 22.0. The molecule has 0 aromatic carbocycles. The summed E-state index contributed by atoms with van der Waals surface area (Å²) in [5, 5.41) is 6.81. The molecule has 0 heterocycles. The lowest BCUT2D eigenvalue weighted by atomic mass is 9.83. The molecule has 6 nitrogen and oxygen atoms in total. The maximum atomic E-state index is 11.6. The maximum Gasteiger partial charge on any atom is 0.191 e. The van der Waals surface area contributed by atoms with Crippen molar-refractivity contribution in [1.82, 2.24) is 10.6 Å². The summed E-state index contributed by atoms with van der Waals surface area (Å²) in [6, 6.07) is 0. The molecule has 146 valence electrons. The quantitative estimate of drug-likeness (QED) is 0.452. The summed E-state index contributed by atoms with van der Waals surface area (Å²) >= 11 is 0. The van der Waals surface area contributed by atoms with Gasteiger partial charge in [-0.2, -0.15) is 0 Å². The Morgan fingerprint density at radius 1 is 1.12 bits per heavy atom. The van der Waals surface area contributed by atoms with Crippen LogP contribution in [0.25, 0.3) is 0 Å². The van der Waals surface area contributed by atoms with Gasteiger partial charge in [-0.05, 0) is 44.4 Å². The van der Waals surface area contributed by atoms with Gasteiger partial charge in [-0.15, -0.1) is 0 Å². The monoisotopic (exact) mass is 373 g/mol. The summed E-state index contributed by atoms with van der Waals surface area (Å²) in [5.74, 6) is 1.06. The number of hydrogen-bond acceptors (Lipinski definition) is 4. The second-order valence-corrected chi connectivity index (χ2v) is 10.2. The van der Waals surface area contributed by atoms with Gasteiger partial charge >= 0.3 is 0 Å². The minimum atomic E-state index is -2.95. The van der Waals surface area contributed by atoms with E-state index in [1.54, 1.807) is 7.11 Å². The van der Waals surface area contributed by atoms with Crippen LogP contribution >= 0.6 is 0 Å². The second kappa shape index (κ2) is 8.71. The molecule has 0 bridgehead atoms. The van der Waals surface area contributed by atoms with Crippen LogP contribution in [-0.2, 0) is 14.6 Å². The Kier molecular flexibility index (Phi) is 7.14. The Bertz CT molecular complexity index is 550. The average Bonchev–Trinajstić information content (AvgIpc) is 3.13. The SMILES string of the molecule is CCNC(=NCC1(CS(C)(=O)=O)CC1)NCC1(CCOC)CCCC1. The first-order chi connectivity index (χ1) is 11.8. The van der Waals surface area contributed by atoms with Crippen LogP contribution in [0.4, 0.5) is 0 Å². The van der Waals surface area contributed by atoms with Crippen molar-refractivity contribution in [2.24, 2.45) is 15.8 Å². The summed E-state index contributed by atoms with van der Waals surface area (Å²) < 4.78 is 28.5. The van der Waals surface area contributed by atoms with Crippen LogP contribution < -0.4 is 10.6 Å². The zero-order valence-corrected chi connectivity index (χ0v) is 16.9. The van der Waals surface area contributed by atoms with E-state index in [9.17, 15) is 8.42 Å². The Labute approximate surface area is 153 Å². The zero-order chi connectivity index (χ0) is 18.4. The van der Waals surface area contributed by atoms with Gasteiger partial charge in [-0.25, -0.2) is 8.42 Å². The van der Waals surface area contributed by atoms with Crippen LogP contribution in [-0.4, -0.2) is 59.7 Å². The molecule has 2 aliphatic rings. The van der Waals surface area contributed by atoms with Gasteiger partial charge in [0.2, 0.25) is 0 Å². The molecule has 2 aliphatic carbocycles. The molecule has 0 aromatic heterocycles. The van der Waals surface area contributed by atoms with Crippen molar-refractivity contribution in [3.63, 3.8) is 0 Å². The number of aliphatic imine (C=N–C) groups is 1. The van der Waals surface area contributed by atoms with E-state index in [-0.39, 0.29) is 11.2 Å². The van der Waals surface area contributed by atoms with Gasteiger partial charge in [0.15, 0.2) is 5.96 Å². The summed E-state index contributed by atoms with van der Waals surface area (Å²) in [6.07, 6.45) is 9.37. The van der Waals surface area contributed by atoms with Crippen molar-refractivity contribution >= 4 is 15.8 Å². The molecule has 2 fully saturated rings. The van der Waals surface area contributed by atoms with Crippen LogP contribution in [0.1, 0.15) is 51.9 Å². The van der Waals surface area contributed by atoms with E-state index >= 15 is 0 Å². The molecule has 0 spiro atoms. The minimum Gasteiger partial charge on any atom is -0.385 e. The fourth-order valence-electron chi connectivity index (χ4n) is 3.90. The van der Waals surface area contributed by atoms with Crippen molar-refractivity contribution in [1.29, 1.82) is 0 Å². The molecule has 0 saturated heterocycles. The Morgan fingerprint density at radius 3 is 2.32 bits per heavy atom. The lowest BCUT2D eigenvalue weighted by molar-refractivity contribution is 0.138. The fraction of sp³-hybridized carbons (Fsp3) is 0.944. The minimum absolute atomic E-state index is 0.128. The van der Waals surface area contributed by atoms with E-state index in [0.29, 0.717) is 12.0 Å². The molecular formula is C18H35N3O3S. The molecular weight excluding hydrogens is 338 g/mol. The fourth-order valence-corrected chi connectivity index (χ4v) is 5.39. The Hall–Kier alpha value is -0.820. The predicted octanol–water partition coefficient (Wildman–Crippen LogP) is 1.96. The molecule has 2 N–H and O–H groups in total. The number of nitrogens with zero attached hydrogens (tertiary/aromatic N) is 1. The number of ether oxygens (including phenoxy) is 1. The van der Waals surface area contributed by atoms with Crippen LogP contribution in [0, 0.1) is 10.8 Å². The van der Waals surface area contributed by atoms with Crippen LogP contribution in [0.15, 0.2) is 4.99 Å². The third-order valence-corrected chi connectivity index (χ3v) is 6.71. The van der Waals surface area contributed by atoms with E-state index in [0.717, 1.165) is 44.9 Å². The average molecular weight is 374 g/mol. The van der Waals surface area contributed by atoms with Crippen molar-refractivity contribution in [3.8, 4) is 0 Å². The molecule has 2 rings (SSSR count). The number of sulfone groups is 1. The highest BCUT2D eigenvalue weighted by molar-refractivity contribution is 7.90. The number of hydrogen-bond donors (Lipinski definition) is 2. The van der Waals surface area contributed by atoms with E-state index < -0.39 is 9.84 Å². The van der Waals surface area contributed by atoms with Gasteiger partial charge in [0.1, 0.15) is 9.84 Å². The molecule has 0 radical (unpaired) electrons. The number of methoxy groups -OCH3 is 1. The number of guanidine groups is 1. The topological polar surface area (TPSA) is 79.8 Å². The maximum absolute atomic E-state index is 11.6. The molecule has 0 aromatic rings. The molecule has 0 amide bonds. The van der Waals surface area contributed by atoms with E-state index in [2.05, 4.69) is 17.6 Å². The van der Waals surface area contributed by atoms with Gasteiger partial charge in [0.25, 0.3) is 0 Å². The van der Waals surface area contributed by atoms with E-state index in [4.69, 9.17) is 9.73 Å². The van der Waals surface area contributed by atoms with Gasteiger partial charge in [-0.3, -0.25) is 4.99 Å². The largest absolute Gasteiger partial charge is 0.385 e. The first kappa shape index (κ1) is 20.5. The van der Waals surface area contributed by atoms with Crippen LogP contribution in [0.3, 0.4) is 0 Å². The molecule has 0 atom stereocenters. The molecule has 7 heteroatoms. The summed E-state index contributed by atoms with van der Waals surface area (Å²) in [6.45, 7) is 5.14. The molecule has 0 unspecified atom stereocenters. The smallest absolute Gasteiger partial charge is 0.191 e. The van der Waals surface area contributed by atoms with Crippen molar-refractivity contribution in [3.05, 3.63) is 0 Å². The number of rotatable bonds is 10. The van der Waals surface area contributed by atoms with Gasteiger partial charge in [0.05, 0.1) is 5.75 Å². The standard InChI is InChI=1S/C18H35N3O3S/c1-4-19-16(21-14-18(9-10-18)15-25(3,22)23)20-13-17(11-12-24-2)7-5-6-8-17/h4-15H2,1-3H3,(H2,19,20,21). The summed E-state index contributed by atoms with van der Waals surface area (Å²) in [5.41, 5.74) is 0.174. The van der Waals surface area contributed by atoms with Gasteiger partial charge in [-0.1, -0.05) is 12.8 Å². The highest BCUT2D eigenvalue weighted by Crippen LogP contribution is 2.47. The van der Waals surface area contributed by atoms with Crippen LogP contribution in [0.5, 0.6) is 0 Å². The Balaban J connectivity index is 1.93. The first-order valence-electron chi connectivity index (χ1n) is 9.51. The third kappa shape index (κ3) is 6.77.